The Hall–Kier alpha value is -2.28. The van der Waals surface area contributed by atoms with Gasteiger partial charge in [0.1, 0.15) is 5.75 Å². The number of phenolic OH excluding ortho intramolecular Hbond substituents is 1. The molecule has 0 aliphatic carbocycles. The molecule has 1 atom stereocenters. The second-order valence-electron chi connectivity index (χ2n) is 7.42. The molecule has 1 heterocycles. The maximum Gasteiger partial charge on any atom is 0.162 e. The first-order chi connectivity index (χ1) is 14.1. The average molecular weight is 401 g/mol. The molecule has 6 heteroatoms. The molecule has 0 unspecified atom stereocenters. The summed E-state index contributed by atoms with van der Waals surface area (Å²) in [4.78, 5) is 4.78. The minimum absolute atomic E-state index is 0.169. The van der Waals surface area contributed by atoms with Crippen molar-refractivity contribution in [2.24, 2.45) is 0 Å². The van der Waals surface area contributed by atoms with Crippen molar-refractivity contribution in [2.75, 3.05) is 40.0 Å². The predicted molar refractivity (Wildman–Crippen MR) is 113 cm³/mol. The van der Waals surface area contributed by atoms with Gasteiger partial charge in [-0.1, -0.05) is 24.3 Å². The lowest BCUT2D eigenvalue weighted by molar-refractivity contribution is 0.0496. The van der Waals surface area contributed by atoms with Gasteiger partial charge in [-0.05, 0) is 37.1 Å². The van der Waals surface area contributed by atoms with Crippen molar-refractivity contribution < 1.29 is 19.7 Å². The highest BCUT2D eigenvalue weighted by Gasteiger charge is 2.27. The quantitative estimate of drug-likeness (QED) is 0.675. The van der Waals surface area contributed by atoms with E-state index in [-0.39, 0.29) is 18.4 Å². The molecule has 0 aromatic heterocycles. The predicted octanol–water partition coefficient (Wildman–Crippen LogP) is 2.87. The molecule has 0 radical (unpaired) electrons. The summed E-state index contributed by atoms with van der Waals surface area (Å²) in [6.45, 7) is 7.03. The summed E-state index contributed by atoms with van der Waals surface area (Å²) in [5.74, 6) is 1.61. The van der Waals surface area contributed by atoms with Crippen LogP contribution in [0.4, 0.5) is 0 Å². The van der Waals surface area contributed by atoms with E-state index < -0.39 is 0 Å². The standard InChI is InChI=1S/C23H32N2O4/c1-3-29-21-9-7-18(8-10-21)15-25-13-12-24(17-20(25)11-14-26)16-19-5-4-6-22(28-2)23(19)27/h4-10,20,26-27H,3,11-17H2,1-2H3/t20-/m0/s1. The lowest BCUT2D eigenvalue weighted by Crippen LogP contribution is -2.52. The van der Waals surface area contributed by atoms with Crippen molar-refractivity contribution in [3.8, 4) is 17.2 Å². The molecule has 29 heavy (non-hydrogen) atoms. The van der Waals surface area contributed by atoms with Crippen LogP contribution in [0.2, 0.25) is 0 Å². The third-order valence-corrected chi connectivity index (χ3v) is 5.47. The molecule has 1 aliphatic heterocycles. The van der Waals surface area contributed by atoms with Gasteiger partial charge in [0.2, 0.25) is 0 Å². The van der Waals surface area contributed by atoms with Gasteiger partial charge in [-0.25, -0.2) is 0 Å². The van der Waals surface area contributed by atoms with Crippen LogP contribution in [0.25, 0.3) is 0 Å². The van der Waals surface area contributed by atoms with Crippen molar-refractivity contribution in [3.63, 3.8) is 0 Å². The number of ether oxygens (including phenoxy) is 2. The third kappa shape index (κ3) is 5.63. The van der Waals surface area contributed by atoms with Gasteiger partial charge in [-0.2, -0.15) is 0 Å². The Morgan fingerprint density at radius 1 is 1.07 bits per heavy atom. The number of phenols is 1. The number of piperazine rings is 1. The van der Waals surface area contributed by atoms with Crippen molar-refractivity contribution >= 4 is 0 Å². The Labute approximate surface area is 173 Å². The summed E-state index contributed by atoms with van der Waals surface area (Å²) in [5.41, 5.74) is 2.11. The minimum Gasteiger partial charge on any atom is -0.504 e. The lowest BCUT2D eigenvalue weighted by atomic mass is 10.1. The van der Waals surface area contributed by atoms with E-state index in [2.05, 4.69) is 21.9 Å². The summed E-state index contributed by atoms with van der Waals surface area (Å²) in [7, 11) is 1.57. The van der Waals surface area contributed by atoms with E-state index in [1.54, 1.807) is 13.2 Å². The zero-order valence-corrected chi connectivity index (χ0v) is 17.4. The van der Waals surface area contributed by atoms with E-state index in [1.165, 1.54) is 5.56 Å². The van der Waals surface area contributed by atoms with E-state index in [9.17, 15) is 10.2 Å². The molecule has 2 aromatic rings. The molecule has 158 valence electrons. The third-order valence-electron chi connectivity index (χ3n) is 5.47. The van der Waals surface area contributed by atoms with Crippen LogP contribution in [0.3, 0.4) is 0 Å². The zero-order chi connectivity index (χ0) is 20.6. The van der Waals surface area contributed by atoms with Crippen molar-refractivity contribution in [1.82, 2.24) is 9.80 Å². The molecule has 2 aromatic carbocycles. The first-order valence-corrected chi connectivity index (χ1v) is 10.3. The van der Waals surface area contributed by atoms with Gasteiger partial charge in [-0.3, -0.25) is 9.80 Å². The van der Waals surface area contributed by atoms with Gasteiger partial charge in [0.05, 0.1) is 13.7 Å². The van der Waals surface area contributed by atoms with Crippen LogP contribution >= 0.6 is 0 Å². The first kappa shape index (κ1) is 21.4. The van der Waals surface area contributed by atoms with Crippen molar-refractivity contribution in [1.29, 1.82) is 0 Å². The Bertz CT molecular complexity index is 766. The Balaban J connectivity index is 1.63. The van der Waals surface area contributed by atoms with Gasteiger partial charge in [0.15, 0.2) is 11.5 Å². The van der Waals surface area contributed by atoms with Crippen LogP contribution in [0.15, 0.2) is 42.5 Å². The highest BCUT2D eigenvalue weighted by atomic mass is 16.5. The number of hydrogen-bond acceptors (Lipinski definition) is 6. The fraction of sp³-hybridized carbons (Fsp3) is 0.478. The summed E-state index contributed by atoms with van der Waals surface area (Å²) >= 11 is 0. The number of hydrogen-bond donors (Lipinski definition) is 2. The molecule has 0 spiro atoms. The minimum atomic E-state index is 0.169. The SMILES string of the molecule is CCOc1ccc(CN2CCN(Cc3cccc(OC)c3O)C[C@@H]2CCO)cc1. The fourth-order valence-corrected chi connectivity index (χ4v) is 3.93. The molecule has 3 rings (SSSR count). The number of aromatic hydroxyl groups is 1. The molecule has 2 N–H and O–H groups in total. The molecule has 6 nitrogen and oxygen atoms in total. The largest absolute Gasteiger partial charge is 0.504 e. The van der Waals surface area contributed by atoms with E-state index >= 15 is 0 Å². The molecule has 1 fully saturated rings. The number of rotatable bonds is 9. The Kier molecular flexibility index (Phi) is 7.75. The van der Waals surface area contributed by atoms with Crippen LogP contribution < -0.4 is 9.47 Å². The van der Waals surface area contributed by atoms with E-state index in [4.69, 9.17) is 9.47 Å². The lowest BCUT2D eigenvalue weighted by Gasteiger charge is -2.41. The van der Waals surface area contributed by atoms with Crippen LogP contribution in [0.5, 0.6) is 17.2 Å². The molecule has 0 saturated carbocycles. The fourth-order valence-electron chi connectivity index (χ4n) is 3.93. The molecular weight excluding hydrogens is 368 g/mol. The van der Waals surface area contributed by atoms with E-state index in [0.717, 1.165) is 43.9 Å². The van der Waals surface area contributed by atoms with Gasteiger partial charge >= 0.3 is 0 Å². The number of benzene rings is 2. The van der Waals surface area contributed by atoms with E-state index in [1.807, 2.05) is 31.2 Å². The number of para-hydroxylation sites is 1. The summed E-state index contributed by atoms with van der Waals surface area (Å²) in [6, 6.07) is 14.1. The van der Waals surface area contributed by atoms with Crippen LogP contribution in [0, 0.1) is 0 Å². The maximum absolute atomic E-state index is 10.4. The number of methoxy groups -OCH3 is 1. The first-order valence-electron chi connectivity index (χ1n) is 10.3. The van der Waals surface area contributed by atoms with Crippen LogP contribution in [0.1, 0.15) is 24.5 Å². The number of aliphatic hydroxyl groups is 1. The summed E-state index contributed by atoms with van der Waals surface area (Å²) in [5, 5.41) is 20.0. The average Bonchev–Trinajstić information content (AvgIpc) is 2.73. The smallest absolute Gasteiger partial charge is 0.162 e. The second-order valence-corrected chi connectivity index (χ2v) is 7.42. The van der Waals surface area contributed by atoms with Gasteiger partial charge in [-0.15, -0.1) is 0 Å². The van der Waals surface area contributed by atoms with Gasteiger partial charge < -0.3 is 19.7 Å². The van der Waals surface area contributed by atoms with E-state index in [0.29, 0.717) is 18.9 Å². The highest BCUT2D eigenvalue weighted by molar-refractivity contribution is 5.45. The Morgan fingerprint density at radius 3 is 2.55 bits per heavy atom. The van der Waals surface area contributed by atoms with Crippen LogP contribution in [-0.2, 0) is 13.1 Å². The van der Waals surface area contributed by atoms with Crippen molar-refractivity contribution in [3.05, 3.63) is 53.6 Å². The topological polar surface area (TPSA) is 65.4 Å². The maximum atomic E-state index is 10.4. The normalized spacial score (nSPS) is 18.0. The van der Waals surface area contributed by atoms with Gasteiger partial charge in [0.25, 0.3) is 0 Å². The summed E-state index contributed by atoms with van der Waals surface area (Å²) < 4.78 is 10.7. The number of aliphatic hydroxyl groups excluding tert-OH is 1. The second kappa shape index (κ2) is 10.5. The molecule has 1 aliphatic rings. The molecule has 1 saturated heterocycles. The van der Waals surface area contributed by atoms with Crippen molar-refractivity contribution in [2.45, 2.75) is 32.5 Å². The Morgan fingerprint density at radius 2 is 1.86 bits per heavy atom. The molecule has 0 amide bonds. The monoisotopic (exact) mass is 400 g/mol. The zero-order valence-electron chi connectivity index (χ0n) is 17.4. The number of nitrogens with zero attached hydrogens (tertiary/aromatic N) is 2. The molecule has 0 bridgehead atoms. The highest BCUT2D eigenvalue weighted by Crippen LogP contribution is 2.31. The van der Waals surface area contributed by atoms with Gasteiger partial charge in [0, 0.05) is 50.9 Å². The molecular formula is C23H32N2O4. The summed E-state index contributed by atoms with van der Waals surface area (Å²) in [6.07, 6.45) is 0.734. The van der Waals surface area contributed by atoms with Crippen LogP contribution in [-0.4, -0.2) is 66.0 Å².